The van der Waals surface area contributed by atoms with Crippen LogP contribution in [0.2, 0.25) is 0 Å². The summed E-state index contributed by atoms with van der Waals surface area (Å²) in [7, 11) is 0. The maximum Gasteiger partial charge on any atom is 0.307 e. The van der Waals surface area contributed by atoms with Crippen LogP contribution in [-0.2, 0) is 27.3 Å². The Morgan fingerprint density at radius 1 is 1.21 bits per heavy atom. The first kappa shape index (κ1) is 19.5. The summed E-state index contributed by atoms with van der Waals surface area (Å²) >= 11 is 0. The number of carbonyl (C=O) groups is 3. The van der Waals surface area contributed by atoms with Crippen molar-refractivity contribution in [3.05, 3.63) is 65.0 Å². The number of rotatable bonds is 6. The molecule has 0 saturated carbocycles. The monoisotopic (exact) mass is 384 g/mol. The standard InChI is InChI=1S/C21H21FN2O4/c1-13-2-4-14(5-3-13)11-24-12-16(8-19(24)25)21(28)23-17-7-6-15(9-20(26)27)18(22)10-17/h2-7,10,16H,8-9,11-12H2,1H3,(H,23,28)(H,26,27). The van der Waals surface area contributed by atoms with Crippen LogP contribution in [0.4, 0.5) is 10.1 Å². The number of carboxylic acid groups (broad SMARTS) is 1. The van der Waals surface area contributed by atoms with Gasteiger partial charge in [-0.2, -0.15) is 0 Å². The van der Waals surface area contributed by atoms with Crippen molar-refractivity contribution in [2.75, 3.05) is 11.9 Å². The molecule has 1 atom stereocenters. The fourth-order valence-corrected chi connectivity index (χ4v) is 3.19. The first-order valence-corrected chi connectivity index (χ1v) is 8.96. The van der Waals surface area contributed by atoms with E-state index in [1.54, 1.807) is 4.90 Å². The lowest BCUT2D eigenvalue weighted by Gasteiger charge is -2.17. The highest BCUT2D eigenvalue weighted by Crippen LogP contribution is 2.23. The molecule has 2 aromatic carbocycles. The summed E-state index contributed by atoms with van der Waals surface area (Å²) in [6.07, 6.45) is -0.317. The van der Waals surface area contributed by atoms with Gasteiger partial charge in [-0.3, -0.25) is 14.4 Å². The predicted octanol–water partition coefficient (Wildman–Crippen LogP) is 2.75. The van der Waals surface area contributed by atoms with E-state index in [1.165, 1.54) is 12.1 Å². The molecule has 2 aromatic rings. The van der Waals surface area contributed by atoms with E-state index in [1.807, 2.05) is 31.2 Å². The summed E-state index contributed by atoms with van der Waals surface area (Å²) in [5.41, 5.74) is 2.42. The van der Waals surface area contributed by atoms with Gasteiger partial charge in [0.1, 0.15) is 5.82 Å². The Kier molecular flexibility index (Phi) is 5.73. The predicted molar refractivity (Wildman–Crippen MR) is 101 cm³/mol. The third-order valence-electron chi connectivity index (χ3n) is 4.74. The van der Waals surface area contributed by atoms with Crippen LogP contribution in [0.25, 0.3) is 0 Å². The van der Waals surface area contributed by atoms with Gasteiger partial charge in [0, 0.05) is 25.2 Å². The zero-order valence-corrected chi connectivity index (χ0v) is 15.4. The van der Waals surface area contributed by atoms with Gasteiger partial charge in [0.15, 0.2) is 0 Å². The maximum absolute atomic E-state index is 14.0. The molecule has 0 aromatic heterocycles. The molecule has 1 aliphatic rings. The van der Waals surface area contributed by atoms with E-state index < -0.39 is 24.1 Å². The first-order chi connectivity index (χ1) is 13.3. The molecular formula is C21H21FN2O4. The summed E-state index contributed by atoms with van der Waals surface area (Å²) < 4.78 is 14.0. The highest BCUT2D eigenvalue weighted by molar-refractivity contribution is 5.97. The van der Waals surface area contributed by atoms with Crippen LogP contribution in [0.1, 0.15) is 23.1 Å². The lowest BCUT2D eigenvalue weighted by molar-refractivity contribution is -0.136. The van der Waals surface area contributed by atoms with Gasteiger partial charge < -0.3 is 15.3 Å². The number of likely N-dealkylation sites (tertiary alicyclic amines) is 1. The van der Waals surface area contributed by atoms with Gasteiger partial charge >= 0.3 is 5.97 Å². The lowest BCUT2D eigenvalue weighted by atomic mass is 10.1. The van der Waals surface area contributed by atoms with Gasteiger partial charge in [0.05, 0.1) is 12.3 Å². The molecule has 1 aliphatic heterocycles. The van der Waals surface area contributed by atoms with Crippen LogP contribution in [0.15, 0.2) is 42.5 Å². The Bertz CT molecular complexity index is 911. The van der Waals surface area contributed by atoms with Crippen molar-refractivity contribution < 1.29 is 23.9 Å². The third-order valence-corrected chi connectivity index (χ3v) is 4.74. The Labute approximate surface area is 162 Å². The van der Waals surface area contributed by atoms with Crippen molar-refractivity contribution in [3.8, 4) is 0 Å². The van der Waals surface area contributed by atoms with Crippen molar-refractivity contribution in [2.45, 2.75) is 26.3 Å². The molecule has 1 fully saturated rings. The number of hydrogen-bond donors (Lipinski definition) is 2. The smallest absolute Gasteiger partial charge is 0.307 e. The number of carboxylic acids is 1. The second-order valence-electron chi connectivity index (χ2n) is 7.03. The van der Waals surface area contributed by atoms with E-state index in [9.17, 15) is 18.8 Å². The third kappa shape index (κ3) is 4.73. The Morgan fingerprint density at radius 3 is 2.57 bits per heavy atom. The molecule has 2 N–H and O–H groups in total. The van der Waals surface area contributed by atoms with Gasteiger partial charge in [-0.15, -0.1) is 0 Å². The molecule has 0 bridgehead atoms. The molecule has 28 heavy (non-hydrogen) atoms. The normalized spacial score (nSPS) is 16.3. The number of nitrogens with zero attached hydrogens (tertiary/aromatic N) is 1. The van der Waals surface area contributed by atoms with Crippen molar-refractivity contribution in [3.63, 3.8) is 0 Å². The summed E-state index contributed by atoms with van der Waals surface area (Å²) in [6, 6.07) is 11.7. The molecule has 2 amide bonds. The first-order valence-electron chi connectivity index (χ1n) is 8.96. The average molecular weight is 384 g/mol. The second kappa shape index (κ2) is 8.21. The minimum atomic E-state index is -1.13. The second-order valence-corrected chi connectivity index (χ2v) is 7.03. The molecule has 146 valence electrons. The van der Waals surface area contributed by atoms with Crippen LogP contribution in [0, 0.1) is 18.7 Å². The Balaban J connectivity index is 1.60. The van der Waals surface area contributed by atoms with Gasteiger partial charge in [-0.05, 0) is 30.2 Å². The molecule has 1 saturated heterocycles. The van der Waals surface area contributed by atoms with Gasteiger partial charge in [-0.1, -0.05) is 35.9 Å². The number of aliphatic carboxylic acids is 1. The van der Waals surface area contributed by atoms with Crippen LogP contribution in [0.5, 0.6) is 0 Å². The van der Waals surface area contributed by atoms with Crippen molar-refractivity contribution >= 4 is 23.5 Å². The van der Waals surface area contributed by atoms with E-state index in [0.717, 1.165) is 17.2 Å². The van der Waals surface area contributed by atoms with Crippen LogP contribution in [0.3, 0.4) is 0 Å². The summed E-state index contributed by atoms with van der Waals surface area (Å²) in [6.45, 7) is 2.74. The minimum Gasteiger partial charge on any atom is -0.481 e. The molecular weight excluding hydrogens is 363 g/mol. The van der Waals surface area contributed by atoms with Crippen molar-refractivity contribution in [2.24, 2.45) is 5.92 Å². The Hall–Kier alpha value is -3.22. The highest BCUT2D eigenvalue weighted by atomic mass is 19.1. The number of aryl methyl sites for hydroxylation is 1. The summed E-state index contributed by atoms with van der Waals surface area (Å²) in [4.78, 5) is 37.1. The van der Waals surface area contributed by atoms with Crippen LogP contribution < -0.4 is 5.32 Å². The maximum atomic E-state index is 14.0. The fourth-order valence-electron chi connectivity index (χ4n) is 3.19. The van der Waals surface area contributed by atoms with E-state index in [0.29, 0.717) is 13.1 Å². The van der Waals surface area contributed by atoms with E-state index >= 15 is 0 Å². The van der Waals surface area contributed by atoms with E-state index in [-0.39, 0.29) is 29.5 Å². The number of hydrogen-bond acceptors (Lipinski definition) is 3. The molecule has 3 rings (SSSR count). The number of halogens is 1. The van der Waals surface area contributed by atoms with Gasteiger partial charge in [-0.25, -0.2) is 4.39 Å². The molecule has 0 aliphatic carbocycles. The number of anilines is 1. The highest BCUT2D eigenvalue weighted by Gasteiger charge is 2.34. The zero-order chi connectivity index (χ0) is 20.3. The SMILES string of the molecule is Cc1ccc(CN2CC(C(=O)Nc3ccc(CC(=O)O)c(F)c3)CC2=O)cc1. The largest absolute Gasteiger partial charge is 0.481 e. The number of carbonyl (C=O) groups excluding carboxylic acids is 2. The van der Waals surface area contributed by atoms with E-state index in [4.69, 9.17) is 5.11 Å². The van der Waals surface area contributed by atoms with E-state index in [2.05, 4.69) is 5.32 Å². The number of benzene rings is 2. The molecule has 1 unspecified atom stereocenters. The zero-order valence-electron chi connectivity index (χ0n) is 15.4. The molecule has 0 radical (unpaired) electrons. The van der Waals surface area contributed by atoms with Crippen molar-refractivity contribution in [1.82, 2.24) is 4.90 Å². The summed E-state index contributed by atoms with van der Waals surface area (Å²) in [5.74, 6) is -2.79. The molecule has 6 nitrogen and oxygen atoms in total. The van der Waals surface area contributed by atoms with Gasteiger partial charge in [0.2, 0.25) is 11.8 Å². The Morgan fingerprint density at radius 2 is 1.93 bits per heavy atom. The minimum absolute atomic E-state index is 0.0471. The van der Waals surface area contributed by atoms with Crippen molar-refractivity contribution in [1.29, 1.82) is 0 Å². The topological polar surface area (TPSA) is 86.7 Å². The number of nitrogens with one attached hydrogen (secondary N) is 1. The quantitative estimate of drug-likeness (QED) is 0.802. The molecule has 1 heterocycles. The fraction of sp³-hybridized carbons (Fsp3) is 0.286. The van der Waals surface area contributed by atoms with Gasteiger partial charge in [0.25, 0.3) is 0 Å². The average Bonchev–Trinajstić information content (AvgIpc) is 3.00. The number of amides is 2. The molecule has 0 spiro atoms. The lowest BCUT2D eigenvalue weighted by Crippen LogP contribution is -2.28. The summed E-state index contributed by atoms with van der Waals surface area (Å²) in [5, 5.41) is 11.4. The van der Waals surface area contributed by atoms with Crippen LogP contribution in [-0.4, -0.2) is 34.3 Å². The van der Waals surface area contributed by atoms with Crippen LogP contribution >= 0.6 is 0 Å². The molecule has 7 heteroatoms.